The monoisotopic (exact) mass is 221 g/mol. The number of hydrogen-bond acceptors (Lipinski definition) is 2. The Balaban J connectivity index is 2.87. The third-order valence-corrected chi connectivity index (χ3v) is 2.25. The Morgan fingerprint density at radius 1 is 1.38 bits per heavy atom. The van der Waals surface area contributed by atoms with E-state index in [9.17, 15) is 4.79 Å². The van der Waals surface area contributed by atoms with Crippen molar-refractivity contribution in [3.8, 4) is 0 Å². The SMILES string of the molecule is CN(CC(C)(C)C)c1cccc(C(=O)O)c1. The second-order valence-corrected chi connectivity index (χ2v) is 5.27. The fourth-order valence-electron chi connectivity index (χ4n) is 1.68. The number of anilines is 1. The highest BCUT2D eigenvalue weighted by Gasteiger charge is 2.14. The van der Waals surface area contributed by atoms with Crippen LogP contribution in [0.25, 0.3) is 0 Å². The largest absolute Gasteiger partial charge is 0.478 e. The number of carboxylic acids is 1. The highest BCUT2D eigenvalue weighted by molar-refractivity contribution is 5.88. The van der Waals surface area contributed by atoms with Crippen molar-refractivity contribution in [1.82, 2.24) is 0 Å². The van der Waals surface area contributed by atoms with Crippen LogP contribution in [0.15, 0.2) is 24.3 Å². The summed E-state index contributed by atoms with van der Waals surface area (Å²) in [6, 6.07) is 7.01. The zero-order valence-electron chi connectivity index (χ0n) is 10.3. The van der Waals surface area contributed by atoms with Gasteiger partial charge in [-0.25, -0.2) is 4.79 Å². The molecule has 3 heteroatoms. The van der Waals surface area contributed by atoms with Gasteiger partial charge in [0.1, 0.15) is 0 Å². The van der Waals surface area contributed by atoms with Gasteiger partial charge >= 0.3 is 5.97 Å². The quantitative estimate of drug-likeness (QED) is 0.853. The molecule has 0 heterocycles. The third-order valence-electron chi connectivity index (χ3n) is 2.25. The van der Waals surface area contributed by atoms with Crippen LogP contribution in [0, 0.1) is 5.41 Å². The molecule has 0 saturated carbocycles. The Morgan fingerprint density at radius 3 is 2.50 bits per heavy atom. The van der Waals surface area contributed by atoms with Crippen molar-refractivity contribution in [3.63, 3.8) is 0 Å². The third kappa shape index (κ3) is 3.57. The van der Waals surface area contributed by atoms with Gasteiger partial charge in [0.2, 0.25) is 0 Å². The molecule has 0 spiro atoms. The van der Waals surface area contributed by atoms with E-state index in [0.717, 1.165) is 12.2 Å². The lowest BCUT2D eigenvalue weighted by Crippen LogP contribution is -2.29. The predicted octanol–water partition coefficient (Wildman–Crippen LogP) is 2.87. The van der Waals surface area contributed by atoms with Gasteiger partial charge in [0.25, 0.3) is 0 Å². The number of nitrogens with zero attached hydrogens (tertiary/aromatic N) is 1. The summed E-state index contributed by atoms with van der Waals surface area (Å²) >= 11 is 0. The average molecular weight is 221 g/mol. The smallest absolute Gasteiger partial charge is 0.335 e. The Kier molecular flexibility index (Phi) is 3.58. The van der Waals surface area contributed by atoms with E-state index in [0.29, 0.717) is 5.56 Å². The second kappa shape index (κ2) is 4.56. The van der Waals surface area contributed by atoms with Crippen molar-refractivity contribution in [1.29, 1.82) is 0 Å². The molecule has 0 saturated heterocycles. The Labute approximate surface area is 96.7 Å². The topological polar surface area (TPSA) is 40.5 Å². The fourth-order valence-corrected chi connectivity index (χ4v) is 1.68. The number of carbonyl (C=O) groups is 1. The summed E-state index contributed by atoms with van der Waals surface area (Å²) in [4.78, 5) is 12.9. The van der Waals surface area contributed by atoms with Crippen LogP contribution in [0.5, 0.6) is 0 Å². The number of hydrogen-bond donors (Lipinski definition) is 1. The maximum atomic E-state index is 10.8. The van der Waals surface area contributed by atoms with Crippen LogP contribution in [0.4, 0.5) is 5.69 Å². The molecule has 0 bridgehead atoms. The molecule has 16 heavy (non-hydrogen) atoms. The summed E-state index contributed by atoms with van der Waals surface area (Å²) in [5.41, 5.74) is 1.46. The van der Waals surface area contributed by atoms with E-state index < -0.39 is 5.97 Å². The molecule has 88 valence electrons. The van der Waals surface area contributed by atoms with Crippen LogP contribution in [-0.2, 0) is 0 Å². The van der Waals surface area contributed by atoms with Crippen LogP contribution >= 0.6 is 0 Å². The van der Waals surface area contributed by atoms with Crippen LogP contribution in [0.2, 0.25) is 0 Å². The van der Waals surface area contributed by atoms with Crippen molar-refractivity contribution in [2.24, 2.45) is 5.41 Å². The zero-order chi connectivity index (χ0) is 12.3. The van der Waals surface area contributed by atoms with E-state index in [2.05, 4.69) is 25.7 Å². The number of benzene rings is 1. The molecule has 0 aliphatic carbocycles. The van der Waals surface area contributed by atoms with E-state index in [1.54, 1.807) is 18.2 Å². The first-order chi connectivity index (χ1) is 7.29. The minimum absolute atomic E-state index is 0.188. The molecular weight excluding hydrogens is 202 g/mol. The van der Waals surface area contributed by atoms with Crippen LogP contribution in [0.3, 0.4) is 0 Å². The molecule has 0 aliphatic rings. The second-order valence-electron chi connectivity index (χ2n) is 5.27. The Morgan fingerprint density at radius 2 is 2.00 bits per heavy atom. The van der Waals surface area contributed by atoms with Gasteiger partial charge in [0, 0.05) is 19.3 Å². The summed E-state index contributed by atoms with van der Waals surface area (Å²) in [5.74, 6) is -0.883. The molecular formula is C13H19NO2. The van der Waals surface area contributed by atoms with Gasteiger partial charge in [0.15, 0.2) is 0 Å². The normalized spacial score (nSPS) is 11.2. The van der Waals surface area contributed by atoms with Crippen LogP contribution in [-0.4, -0.2) is 24.7 Å². The van der Waals surface area contributed by atoms with E-state index in [1.165, 1.54) is 0 Å². The average Bonchev–Trinajstić information content (AvgIpc) is 2.15. The van der Waals surface area contributed by atoms with E-state index in [1.807, 2.05) is 13.1 Å². The summed E-state index contributed by atoms with van der Waals surface area (Å²) in [7, 11) is 1.98. The molecule has 0 unspecified atom stereocenters. The van der Waals surface area contributed by atoms with Gasteiger partial charge < -0.3 is 10.0 Å². The molecule has 1 rings (SSSR count). The van der Waals surface area contributed by atoms with E-state index in [-0.39, 0.29) is 5.41 Å². The first kappa shape index (κ1) is 12.6. The molecule has 1 aromatic rings. The van der Waals surface area contributed by atoms with Crippen molar-refractivity contribution < 1.29 is 9.90 Å². The van der Waals surface area contributed by atoms with Gasteiger partial charge in [0.05, 0.1) is 5.56 Å². The summed E-state index contributed by atoms with van der Waals surface area (Å²) in [6.07, 6.45) is 0. The summed E-state index contributed by atoms with van der Waals surface area (Å²) < 4.78 is 0. The molecule has 0 aromatic heterocycles. The molecule has 0 radical (unpaired) electrons. The summed E-state index contributed by atoms with van der Waals surface area (Å²) in [5, 5.41) is 8.91. The van der Waals surface area contributed by atoms with Gasteiger partial charge in [-0.1, -0.05) is 26.8 Å². The zero-order valence-corrected chi connectivity index (χ0v) is 10.3. The number of rotatable bonds is 3. The molecule has 1 aromatic carbocycles. The van der Waals surface area contributed by atoms with Crippen LogP contribution in [0.1, 0.15) is 31.1 Å². The number of carboxylic acid groups (broad SMARTS) is 1. The first-order valence-electron chi connectivity index (χ1n) is 5.34. The van der Waals surface area contributed by atoms with E-state index in [4.69, 9.17) is 5.11 Å². The van der Waals surface area contributed by atoms with Gasteiger partial charge in [-0.05, 0) is 23.6 Å². The molecule has 0 fully saturated rings. The Bertz CT molecular complexity index is 380. The van der Waals surface area contributed by atoms with Gasteiger partial charge in [-0.2, -0.15) is 0 Å². The van der Waals surface area contributed by atoms with Crippen molar-refractivity contribution in [3.05, 3.63) is 29.8 Å². The predicted molar refractivity (Wildman–Crippen MR) is 66.1 cm³/mol. The molecule has 0 aliphatic heterocycles. The van der Waals surface area contributed by atoms with Crippen molar-refractivity contribution >= 4 is 11.7 Å². The molecule has 1 N–H and O–H groups in total. The lowest BCUT2D eigenvalue weighted by molar-refractivity contribution is 0.0697. The molecule has 0 amide bonds. The van der Waals surface area contributed by atoms with Crippen molar-refractivity contribution in [2.45, 2.75) is 20.8 Å². The Hall–Kier alpha value is -1.51. The lowest BCUT2D eigenvalue weighted by atomic mass is 9.96. The highest BCUT2D eigenvalue weighted by Crippen LogP contribution is 2.21. The maximum Gasteiger partial charge on any atom is 0.335 e. The molecule has 3 nitrogen and oxygen atoms in total. The minimum atomic E-state index is -0.883. The highest BCUT2D eigenvalue weighted by atomic mass is 16.4. The minimum Gasteiger partial charge on any atom is -0.478 e. The fraction of sp³-hybridized carbons (Fsp3) is 0.462. The lowest BCUT2D eigenvalue weighted by Gasteiger charge is -2.28. The summed E-state index contributed by atoms with van der Waals surface area (Å²) in [6.45, 7) is 7.36. The van der Waals surface area contributed by atoms with Crippen LogP contribution < -0.4 is 4.90 Å². The van der Waals surface area contributed by atoms with Gasteiger partial charge in [-0.3, -0.25) is 0 Å². The maximum absolute atomic E-state index is 10.8. The number of aromatic carboxylic acids is 1. The van der Waals surface area contributed by atoms with Gasteiger partial charge in [-0.15, -0.1) is 0 Å². The van der Waals surface area contributed by atoms with Crippen molar-refractivity contribution in [2.75, 3.05) is 18.5 Å². The standard InChI is InChI=1S/C13H19NO2/c1-13(2,3)9-14(4)11-7-5-6-10(8-11)12(15)16/h5-8H,9H2,1-4H3,(H,15,16). The molecule has 0 atom stereocenters. The first-order valence-corrected chi connectivity index (χ1v) is 5.34. The van der Waals surface area contributed by atoms with E-state index >= 15 is 0 Å².